The lowest BCUT2D eigenvalue weighted by Crippen LogP contribution is -2.46. The maximum atomic E-state index is 12.8. The molecule has 1 aliphatic heterocycles. The topological polar surface area (TPSA) is 66.8 Å². The molecule has 2 unspecified atom stereocenters. The molecule has 0 spiro atoms. The van der Waals surface area contributed by atoms with Crippen molar-refractivity contribution in [3.8, 4) is 5.75 Å². The molecule has 1 fully saturated rings. The van der Waals surface area contributed by atoms with E-state index < -0.39 is 18.1 Å². The maximum absolute atomic E-state index is 12.8. The summed E-state index contributed by atoms with van der Waals surface area (Å²) in [6.45, 7) is 1.98. The molecule has 6 heteroatoms. The number of hydrogen-bond acceptors (Lipinski definition) is 3. The van der Waals surface area contributed by atoms with Crippen LogP contribution < -0.4 is 4.74 Å². The van der Waals surface area contributed by atoms with Crippen LogP contribution in [0.5, 0.6) is 5.75 Å². The Morgan fingerprint density at radius 3 is 2.65 bits per heavy atom. The van der Waals surface area contributed by atoms with E-state index in [9.17, 15) is 14.0 Å². The minimum absolute atomic E-state index is 0.362. The Labute approximate surface area is 116 Å². The van der Waals surface area contributed by atoms with Crippen molar-refractivity contribution in [2.24, 2.45) is 0 Å². The van der Waals surface area contributed by atoms with Crippen LogP contribution >= 0.6 is 0 Å². The Hall–Kier alpha value is -2.11. The van der Waals surface area contributed by atoms with Crippen molar-refractivity contribution in [3.63, 3.8) is 0 Å². The second-order valence-corrected chi connectivity index (χ2v) is 4.74. The van der Waals surface area contributed by atoms with E-state index in [0.29, 0.717) is 25.1 Å². The fourth-order valence-electron chi connectivity index (χ4n) is 2.29. The largest absolute Gasteiger partial charge is 0.481 e. The molecule has 0 saturated carbocycles. The van der Waals surface area contributed by atoms with Gasteiger partial charge in [-0.3, -0.25) is 4.79 Å². The van der Waals surface area contributed by atoms with Gasteiger partial charge in [-0.2, -0.15) is 0 Å². The second-order valence-electron chi connectivity index (χ2n) is 4.74. The van der Waals surface area contributed by atoms with Crippen molar-refractivity contribution in [2.75, 3.05) is 6.54 Å². The predicted octanol–water partition coefficient (Wildman–Crippen LogP) is 1.67. The highest BCUT2D eigenvalue weighted by molar-refractivity contribution is 5.86. The molecule has 1 aliphatic rings. The molecular formula is C14H16FNO4. The Bertz CT molecular complexity index is 502. The molecule has 2 rings (SSSR count). The SMILES string of the molecule is CC(Oc1ccc(F)cc1)C(=O)N1CCCC1C(=O)O. The van der Waals surface area contributed by atoms with Gasteiger partial charge < -0.3 is 14.7 Å². The minimum Gasteiger partial charge on any atom is -0.481 e. The van der Waals surface area contributed by atoms with E-state index >= 15 is 0 Å². The molecule has 2 atom stereocenters. The molecule has 5 nitrogen and oxygen atoms in total. The average Bonchev–Trinajstić information content (AvgIpc) is 2.90. The maximum Gasteiger partial charge on any atom is 0.326 e. The van der Waals surface area contributed by atoms with Gasteiger partial charge in [0.05, 0.1) is 0 Å². The Balaban J connectivity index is 2.01. The number of carboxylic acid groups (broad SMARTS) is 1. The van der Waals surface area contributed by atoms with Gasteiger partial charge in [0.2, 0.25) is 0 Å². The highest BCUT2D eigenvalue weighted by atomic mass is 19.1. The van der Waals surface area contributed by atoms with E-state index in [0.717, 1.165) is 0 Å². The predicted molar refractivity (Wildman–Crippen MR) is 68.9 cm³/mol. The van der Waals surface area contributed by atoms with Crippen molar-refractivity contribution in [2.45, 2.75) is 31.9 Å². The summed E-state index contributed by atoms with van der Waals surface area (Å²) in [4.78, 5) is 24.6. The second kappa shape index (κ2) is 5.90. The first-order valence-corrected chi connectivity index (χ1v) is 6.44. The monoisotopic (exact) mass is 281 g/mol. The standard InChI is InChI=1S/C14H16FNO4/c1-9(20-11-6-4-10(15)5-7-11)13(17)16-8-2-3-12(16)14(18)19/h4-7,9,12H,2-3,8H2,1H3,(H,18,19). The minimum atomic E-state index is -0.996. The van der Waals surface area contributed by atoms with Gasteiger partial charge in [0, 0.05) is 6.54 Å². The fraction of sp³-hybridized carbons (Fsp3) is 0.429. The van der Waals surface area contributed by atoms with Crippen LogP contribution in [0.3, 0.4) is 0 Å². The van der Waals surface area contributed by atoms with Crippen molar-refractivity contribution in [1.29, 1.82) is 0 Å². The number of halogens is 1. The van der Waals surface area contributed by atoms with Crippen molar-refractivity contribution >= 4 is 11.9 Å². The molecule has 108 valence electrons. The summed E-state index contributed by atoms with van der Waals surface area (Å²) < 4.78 is 18.2. The zero-order valence-electron chi connectivity index (χ0n) is 11.1. The van der Waals surface area contributed by atoms with Crippen LogP contribution in [0.1, 0.15) is 19.8 Å². The molecule has 1 N–H and O–H groups in total. The number of carbonyl (C=O) groups excluding carboxylic acids is 1. The van der Waals surface area contributed by atoms with Gasteiger partial charge in [0.1, 0.15) is 17.6 Å². The summed E-state index contributed by atoms with van der Waals surface area (Å²) in [5.41, 5.74) is 0. The molecule has 1 saturated heterocycles. The van der Waals surface area contributed by atoms with E-state index in [1.165, 1.54) is 29.2 Å². The average molecular weight is 281 g/mol. The van der Waals surface area contributed by atoms with Gasteiger partial charge in [-0.05, 0) is 44.0 Å². The van der Waals surface area contributed by atoms with Crippen molar-refractivity contribution in [3.05, 3.63) is 30.1 Å². The number of likely N-dealkylation sites (tertiary alicyclic amines) is 1. The third kappa shape index (κ3) is 3.07. The van der Waals surface area contributed by atoms with Gasteiger partial charge in [-0.15, -0.1) is 0 Å². The van der Waals surface area contributed by atoms with Crippen LogP contribution in [0.15, 0.2) is 24.3 Å². The van der Waals surface area contributed by atoms with E-state index in [1.54, 1.807) is 6.92 Å². The molecule has 0 radical (unpaired) electrons. The Morgan fingerprint density at radius 1 is 1.40 bits per heavy atom. The number of benzene rings is 1. The fourth-order valence-corrected chi connectivity index (χ4v) is 2.29. The summed E-state index contributed by atoms with van der Waals surface area (Å²) in [6, 6.07) is 4.56. The van der Waals surface area contributed by atoms with Gasteiger partial charge in [-0.25, -0.2) is 9.18 Å². The highest BCUT2D eigenvalue weighted by Gasteiger charge is 2.36. The number of aliphatic carboxylic acids is 1. The zero-order chi connectivity index (χ0) is 14.7. The lowest BCUT2D eigenvalue weighted by Gasteiger charge is -2.25. The van der Waals surface area contributed by atoms with E-state index in [-0.39, 0.29) is 11.7 Å². The van der Waals surface area contributed by atoms with E-state index in [4.69, 9.17) is 9.84 Å². The molecule has 0 bridgehead atoms. The molecule has 20 heavy (non-hydrogen) atoms. The summed E-state index contributed by atoms with van der Waals surface area (Å²) in [7, 11) is 0. The number of amides is 1. The number of hydrogen-bond donors (Lipinski definition) is 1. The Kier molecular flexibility index (Phi) is 4.22. The lowest BCUT2D eigenvalue weighted by atomic mass is 10.2. The summed E-state index contributed by atoms with van der Waals surface area (Å²) in [5, 5.41) is 9.06. The van der Waals surface area contributed by atoms with Crippen LogP contribution in [-0.4, -0.2) is 40.6 Å². The zero-order valence-corrected chi connectivity index (χ0v) is 11.1. The molecule has 1 amide bonds. The van der Waals surface area contributed by atoms with Gasteiger partial charge in [0.15, 0.2) is 6.10 Å². The van der Waals surface area contributed by atoms with Crippen LogP contribution in [0.25, 0.3) is 0 Å². The summed E-state index contributed by atoms with van der Waals surface area (Å²) in [5.74, 6) is -1.37. The van der Waals surface area contributed by atoms with E-state index in [2.05, 4.69) is 0 Å². The summed E-state index contributed by atoms with van der Waals surface area (Å²) in [6.07, 6.45) is 0.330. The molecular weight excluding hydrogens is 265 g/mol. The van der Waals surface area contributed by atoms with Crippen molar-refractivity contribution in [1.82, 2.24) is 4.90 Å². The third-order valence-corrected chi connectivity index (χ3v) is 3.30. The molecule has 0 aliphatic carbocycles. The number of carbonyl (C=O) groups is 2. The van der Waals surface area contributed by atoms with Gasteiger partial charge in [0.25, 0.3) is 5.91 Å². The highest BCUT2D eigenvalue weighted by Crippen LogP contribution is 2.20. The third-order valence-electron chi connectivity index (χ3n) is 3.30. The lowest BCUT2D eigenvalue weighted by molar-refractivity contribution is -0.150. The number of ether oxygens (including phenoxy) is 1. The molecule has 1 aromatic carbocycles. The van der Waals surface area contributed by atoms with Gasteiger partial charge >= 0.3 is 5.97 Å². The normalized spacial score (nSPS) is 19.7. The van der Waals surface area contributed by atoms with Gasteiger partial charge in [-0.1, -0.05) is 0 Å². The van der Waals surface area contributed by atoms with Crippen LogP contribution in [0, 0.1) is 5.82 Å². The number of carboxylic acids is 1. The summed E-state index contributed by atoms with van der Waals surface area (Å²) >= 11 is 0. The van der Waals surface area contributed by atoms with Crippen LogP contribution in [-0.2, 0) is 9.59 Å². The van der Waals surface area contributed by atoms with Crippen LogP contribution in [0.2, 0.25) is 0 Å². The molecule has 1 heterocycles. The first kappa shape index (κ1) is 14.3. The Morgan fingerprint density at radius 2 is 2.05 bits per heavy atom. The number of nitrogens with zero attached hydrogens (tertiary/aromatic N) is 1. The van der Waals surface area contributed by atoms with E-state index in [1.807, 2.05) is 0 Å². The first-order chi connectivity index (χ1) is 9.49. The van der Waals surface area contributed by atoms with Crippen LogP contribution in [0.4, 0.5) is 4.39 Å². The number of rotatable bonds is 4. The quantitative estimate of drug-likeness (QED) is 0.911. The first-order valence-electron chi connectivity index (χ1n) is 6.44. The smallest absolute Gasteiger partial charge is 0.326 e. The van der Waals surface area contributed by atoms with Crippen molar-refractivity contribution < 1.29 is 23.8 Å². The molecule has 1 aromatic rings. The molecule has 0 aromatic heterocycles.